The summed E-state index contributed by atoms with van der Waals surface area (Å²) in [6.07, 6.45) is 2.21. The first kappa shape index (κ1) is 20.6. The second kappa shape index (κ2) is 8.58. The number of ketones is 1. The number of rotatable bonds is 5. The van der Waals surface area contributed by atoms with E-state index in [0.29, 0.717) is 17.1 Å². The quantitative estimate of drug-likeness (QED) is 0.444. The normalized spacial score (nSPS) is 21.5. The number of carbonyl (C=O) groups is 2. The Kier molecular flexibility index (Phi) is 5.88. The van der Waals surface area contributed by atoms with E-state index in [4.69, 9.17) is 11.6 Å². The number of amides is 1. The van der Waals surface area contributed by atoms with Gasteiger partial charge in [-0.25, -0.2) is 4.39 Å². The maximum atomic E-state index is 14.7. The Morgan fingerprint density at radius 2 is 1.70 bits per heavy atom. The van der Waals surface area contributed by atoms with Crippen LogP contribution < -0.4 is 0 Å². The lowest BCUT2D eigenvalue weighted by Gasteiger charge is -2.27. The highest BCUT2D eigenvalue weighted by Gasteiger charge is 2.46. The number of hydrogen-bond acceptors (Lipinski definition) is 4. The number of carbonyl (C=O) groups excluding carboxylic acids is 2. The highest BCUT2D eigenvalue weighted by atomic mass is 35.5. The Morgan fingerprint density at radius 1 is 1.03 bits per heavy atom. The summed E-state index contributed by atoms with van der Waals surface area (Å²) in [7, 11) is 0. The van der Waals surface area contributed by atoms with E-state index in [1.54, 1.807) is 42.5 Å². The molecule has 2 aromatic rings. The monoisotopic (exact) mass is 428 g/mol. The molecule has 1 atom stereocenters. The summed E-state index contributed by atoms with van der Waals surface area (Å²) in [6.45, 7) is 2.76. The van der Waals surface area contributed by atoms with E-state index in [0.717, 1.165) is 25.9 Å². The predicted molar refractivity (Wildman–Crippen MR) is 113 cm³/mol. The van der Waals surface area contributed by atoms with E-state index in [2.05, 4.69) is 4.90 Å². The lowest BCUT2D eigenvalue weighted by molar-refractivity contribution is -0.140. The molecule has 2 aromatic carbocycles. The van der Waals surface area contributed by atoms with Gasteiger partial charge in [0.15, 0.2) is 0 Å². The number of halogens is 2. The fourth-order valence-corrected chi connectivity index (χ4v) is 4.28. The van der Waals surface area contributed by atoms with Crippen LogP contribution in [0.4, 0.5) is 4.39 Å². The van der Waals surface area contributed by atoms with E-state index in [9.17, 15) is 19.1 Å². The van der Waals surface area contributed by atoms with Crippen LogP contribution >= 0.6 is 11.6 Å². The van der Waals surface area contributed by atoms with Crippen LogP contribution in [0.3, 0.4) is 0 Å². The standard InChI is InChI=1S/C23H22ClFN2O3/c24-16-9-7-15(8-10-16)21(28)19-20(17-5-1-2-6-18(17)25)27(23(30)22(19)29)14-13-26-11-3-4-12-26/h1-2,5-10,20,28H,3-4,11-14H2/b21-19+. The van der Waals surface area contributed by atoms with Gasteiger partial charge in [-0.3, -0.25) is 9.59 Å². The molecule has 0 spiro atoms. The summed E-state index contributed by atoms with van der Waals surface area (Å²) in [5, 5.41) is 11.4. The summed E-state index contributed by atoms with van der Waals surface area (Å²) in [6, 6.07) is 11.3. The van der Waals surface area contributed by atoms with Crippen molar-refractivity contribution in [3.63, 3.8) is 0 Å². The van der Waals surface area contributed by atoms with Crippen LogP contribution in [0.25, 0.3) is 5.76 Å². The molecule has 0 aromatic heterocycles. The number of benzene rings is 2. The van der Waals surface area contributed by atoms with Crippen molar-refractivity contribution in [1.82, 2.24) is 9.80 Å². The Hall–Kier alpha value is -2.70. The third-order valence-electron chi connectivity index (χ3n) is 5.71. The van der Waals surface area contributed by atoms with Gasteiger partial charge in [0.05, 0.1) is 11.6 Å². The molecule has 2 fully saturated rings. The average Bonchev–Trinajstić information content (AvgIpc) is 3.34. The zero-order chi connectivity index (χ0) is 21.3. The maximum Gasteiger partial charge on any atom is 0.295 e. The summed E-state index contributed by atoms with van der Waals surface area (Å²) >= 11 is 5.92. The second-order valence-corrected chi connectivity index (χ2v) is 8.01. The second-order valence-electron chi connectivity index (χ2n) is 7.57. The lowest BCUT2D eigenvalue weighted by atomic mass is 9.95. The third kappa shape index (κ3) is 3.85. The van der Waals surface area contributed by atoms with Crippen molar-refractivity contribution in [2.45, 2.75) is 18.9 Å². The van der Waals surface area contributed by atoms with Crippen molar-refractivity contribution < 1.29 is 19.1 Å². The fourth-order valence-electron chi connectivity index (χ4n) is 4.15. The first-order chi connectivity index (χ1) is 14.5. The van der Waals surface area contributed by atoms with Gasteiger partial charge in [-0.1, -0.05) is 29.8 Å². The Bertz CT molecular complexity index is 1000. The van der Waals surface area contributed by atoms with E-state index in [1.807, 2.05) is 0 Å². The molecule has 5 nitrogen and oxygen atoms in total. The van der Waals surface area contributed by atoms with E-state index in [1.165, 1.54) is 11.0 Å². The molecule has 2 aliphatic heterocycles. The minimum absolute atomic E-state index is 0.103. The lowest BCUT2D eigenvalue weighted by Crippen LogP contribution is -2.37. The molecule has 0 bridgehead atoms. The van der Waals surface area contributed by atoms with Gasteiger partial charge in [0, 0.05) is 29.2 Å². The van der Waals surface area contributed by atoms with Crippen molar-refractivity contribution in [3.8, 4) is 0 Å². The molecule has 0 saturated carbocycles. The van der Waals surface area contributed by atoms with Gasteiger partial charge in [-0.15, -0.1) is 0 Å². The summed E-state index contributed by atoms with van der Waals surface area (Å²) in [5.41, 5.74) is 0.431. The van der Waals surface area contributed by atoms with Crippen LogP contribution in [0.2, 0.25) is 5.02 Å². The summed E-state index contributed by atoms with van der Waals surface area (Å²) in [4.78, 5) is 29.4. The molecule has 0 radical (unpaired) electrons. The fraction of sp³-hybridized carbons (Fsp3) is 0.304. The number of Topliss-reactive ketones (excluding diaryl/α,β-unsaturated/α-hetero) is 1. The van der Waals surface area contributed by atoms with Crippen LogP contribution in [-0.2, 0) is 9.59 Å². The van der Waals surface area contributed by atoms with Crippen LogP contribution in [0.15, 0.2) is 54.1 Å². The third-order valence-corrected chi connectivity index (χ3v) is 5.97. The molecule has 1 unspecified atom stereocenters. The number of hydrogen-bond donors (Lipinski definition) is 1. The van der Waals surface area contributed by atoms with Gasteiger partial charge >= 0.3 is 0 Å². The number of likely N-dealkylation sites (tertiary alicyclic amines) is 2. The minimum atomic E-state index is -0.982. The molecule has 0 aliphatic carbocycles. The molecule has 30 heavy (non-hydrogen) atoms. The van der Waals surface area contributed by atoms with Crippen LogP contribution in [0.1, 0.15) is 30.0 Å². The van der Waals surface area contributed by atoms with Crippen molar-refractivity contribution in [2.24, 2.45) is 0 Å². The smallest absolute Gasteiger partial charge is 0.295 e. The summed E-state index contributed by atoms with van der Waals surface area (Å²) in [5.74, 6) is -2.39. The maximum absolute atomic E-state index is 14.7. The topological polar surface area (TPSA) is 60.9 Å². The van der Waals surface area contributed by atoms with Gasteiger partial charge in [0.1, 0.15) is 11.6 Å². The summed E-state index contributed by atoms with van der Waals surface area (Å²) < 4.78 is 14.7. The predicted octanol–water partition coefficient (Wildman–Crippen LogP) is 4.00. The highest BCUT2D eigenvalue weighted by Crippen LogP contribution is 2.40. The molecule has 1 N–H and O–H groups in total. The average molecular weight is 429 g/mol. The molecular weight excluding hydrogens is 407 g/mol. The number of aliphatic hydroxyl groups is 1. The first-order valence-corrected chi connectivity index (χ1v) is 10.4. The SMILES string of the molecule is O=C1C(=O)N(CCN2CCCC2)C(c2ccccc2F)/C1=C(\O)c1ccc(Cl)cc1. The van der Waals surface area contributed by atoms with Crippen LogP contribution in [0.5, 0.6) is 0 Å². The van der Waals surface area contributed by atoms with Crippen molar-refractivity contribution in [1.29, 1.82) is 0 Å². The Labute approximate surface area is 179 Å². The molecular formula is C23H22ClFN2O3. The van der Waals surface area contributed by atoms with E-state index < -0.39 is 23.5 Å². The number of aliphatic hydroxyl groups excluding tert-OH is 1. The van der Waals surface area contributed by atoms with E-state index >= 15 is 0 Å². The minimum Gasteiger partial charge on any atom is -0.507 e. The Balaban J connectivity index is 1.78. The Morgan fingerprint density at radius 3 is 2.37 bits per heavy atom. The molecule has 2 aliphatic rings. The van der Waals surface area contributed by atoms with E-state index in [-0.39, 0.29) is 23.4 Å². The largest absolute Gasteiger partial charge is 0.507 e. The molecule has 2 heterocycles. The van der Waals surface area contributed by atoms with Crippen molar-refractivity contribution in [2.75, 3.05) is 26.2 Å². The number of nitrogens with zero attached hydrogens (tertiary/aromatic N) is 2. The van der Waals surface area contributed by atoms with Crippen molar-refractivity contribution in [3.05, 3.63) is 76.1 Å². The van der Waals surface area contributed by atoms with Crippen LogP contribution in [0, 0.1) is 5.82 Å². The molecule has 156 valence electrons. The van der Waals surface area contributed by atoms with Gasteiger partial charge in [-0.2, -0.15) is 0 Å². The van der Waals surface area contributed by atoms with Crippen molar-refractivity contribution >= 4 is 29.1 Å². The molecule has 7 heteroatoms. The molecule has 1 amide bonds. The van der Waals surface area contributed by atoms with Gasteiger partial charge in [-0.05, 0) is 56.3 Å². The molecule has 4 rings (SSSR count). The zero-order valence-electron chi connectivity index (χ0n) is 16.4. The highest BCUT2D eigenvalue weighted by molar-refractivity contribution is 6.46. The molecule has 2 saturated heterocycles. The first-order valence-electron chi connectivity index (χ1n) is 9.98. The van der Waals surface area contributed by atoms with Gasteiger partial charge in [0.25, 0.3) is 11.7 Å². The van der Waals surface area contributed by atoms with Gasteiger partial charge < -0.3 is 14.9 Å². The van der Waals surface area contributed by atoms with Gasteiger partial charge in [0.2, 0.25) is 0 Å². The zero-order valence-corrected chi connectivity index (χ0v) is 17.1. The van der Waals surface area contributed by atoms with Crippen LogP contribution in [-0.4, -0.2) is 52.8 Å².